The number of carbonyl (C=O) groups is 1. The van der Waals surface area contributed by atoms with Gasteiger partial charge in [0.2, 0.25) is 0 Å². The van der Waals surface area contributed by atoms with Crippen LogP contribution >= 0.6 is 0 Å². The molecule has 2 heterocycles. The maximum Gasteiger partial charge on any atom is 0.134 e. The maximum atomic E-state index is 11.3. The zero-order chi connectivity index (χ0) is 9.97. The fourth-order valence-electron chi connectivity index (χ4n) is 2.56. The molecule has 3 nitrogen and oxygen atoms in total. The third-order valence-electron chi connectivity index (χ3n) is 3.46. The summed E-state index contributed by atoms with van der Waals surface area (Å²) in [5, 5.41) is 0. The van der Waals surface area contributed by atoms with Crippen LogP contribution in [0, 0.1) is 0 Å². The third-order valence-corrected chi connectivity index (χ3v) is 3.46. The zero-order valence-corrected chi connectivity index (χ0v) is 9.04. The Morgan fingerprint density at radius 2 is 2.07 bits per heavy atom. The Hall–Kier alpha value is -0.410. The van der Waals surface area contributed by atoms with Gasteiger partial charge in [-0.25, -0.2) is 0 Å². The molecule has 3 heteroatoms. The molecule has 2 rings (SSSR count). The van der Waals surface area contributed by atoms with Crippen molar-refractivity contribution in [3.63, 3.8) is 0 Å². The molecule has 2 aliphatic rings. The van der Waals surface area contributed by atoms with Crippen LogP contribution in [0.1, 0.15) is 25.7 Å². The van der Waals surface area contributed by atoms with Crippen LogP contribution in [0.3, 0.4) is 0 Å². The summed E-state index contributed by atoms with van der Waals surface area (Å²) in [5.74, 6) is 0.457. The quantitative estimate of drug-likeness (QED) is 0.618. The third kappa shape index (κ3) is 2.34. The molecule has 0 aromatic rings. The molecule has 2 saturated heterocycles. The molecular weight excluding hydrogens is 176 g/mol. The predicted octanol–water partition coefficient (Wildman–Crippen LogP) is 0.745. The highest BCUT2D eigenvalue weighted by Crippen LogP contribution is 2.17. The van der Waals surface area contributed by atoms with Crippen molar-refractivity contribution in [2.75, 3.05) is 33.2 Å². The van der Waals surface area contributed by atoms with E-state index >= 15 is 0 Å². The molecule has 0 bridgehead atoms. The van der Waals surface area contributed by atoms with Gasteiger partial charge < -0.3 is 4.90 Å². The van der Waals surface area contributed by atoms with Crippen LogP contribution in [-0.2, 0) is 4.79 Å². The Kier molecular flexibility index (Phi) is 3.19. The molecule has 0 saturated carbocycles. The van der Waals surface area contributed by atoms with Crippen molar-refractivity contribution < 1.29 is 4.79 Å². The molecule has 0 radical (unpaired) electrons. The SMILES string of the molecule is CN1CCC(N2CCCC(=O)CC2)C1. The second-order valence-corrected chi connectivity index (χ2v) is 4.63. The van der Waals surface area contributed by atoms with Gasteiger partial charge in [-0.1, -0.05) is 0 Å². The van der Waals surface area contributed by atoms with Crippen LogP contribution in [0.5, 0.6) is 0 Å². The maximum absolute atomic E-state index is 11.3. The molecule has 2 aliphatic heterocycles. The van der Waals surface area contributed by atoms with Gasteiger partial charge in [0, 0.05) is 32.0 Å². The molecule has 0 amide bonds. The van der Waals surface area contributed by atoms with E-state index in [0.29, 0.717) is 11.8 Å². The fourth-order valence-corrected chi connectivity index (χ4v) is 2.56. The zero-order valence-electron chi connectivity index (χ0n) is 9.04. The van der Waals surface area contributed by atoms with Gasteiger partial charge in [0.25, 0.3) is 0 Å². The smallest absolute Gasteiger partial charge is 0.134 e. The van der Waals surface area contributed by atoms with Crippen LogP contribution in [0.25, 0.3) is 0 Å². The van der Waals surface area contributed by atoms with Crippen LogP contribution < -0.4 is 0 Å². The van der Waals surface area contributed by atoms with Gasteiger partial charge in [0.1, 0.15) is 5.78 Å². The molecular formula is C11H20N2O. The van der Waals surface area contributed by atoms with E-state index in [1.807, 2.05) is 0 Å². The second-order valence-electron chi connectivity index (χ2n) is 4.63. The molecule has 1 unspecified atom stereocenters. The highest BCUT2D eigenvalue weighted by molar-refractivity contribution is 5.78. The molecule has 0 N–H and O–H groups in total. The summed E-state index contributed by atoms with van der Waals surface area (Å²) < 4.78 is 0. The number of likely N-dealkylation sites (tertiary alicyclic amines) is 2. The van der Waals surface area contributed by atoms with Gasteiger partial charge in [-0.2, -0.15) is 0 Å². The van der Waals surface area contributed by atoms with E-state index in [-0.39, 0.29) is 0 Å². The number of nitrogens with zero attached hydrogens (tertiary/aromatic N) is 2. The number of carbonyl (C=O) groups excluding carboxylic acids is 1. The summed E-state index contributed by atoms with van der Waals surface area (Å²) in [6.45, 7) is 4.53. The van der Waals surface area contributed by atoms with Crippen molar-refractivity contribution in [1.82, 2.24) is 9.80 Å². The van der Waals surface area contributed by atoms with Crippen LogP contribution in [-0.4, -0.2) is 54.9 Å². The van der Waals surface area contributed by atoms with E-state index in [9.17, 15) is 4.79 Å². The van der Waals surface area contributed by atoms with Crippen LogP contribution in [0.15, 0.2) is 0 Å². The monoisotopic (exact) mass is 196 g/mol. The van der Waals surface area contributed by atoms with Crippen molar-refractivity contribution in [2.45, 2.75) is 31.7 Å². The lowest BCUT2D eigenvalue weighted by atomic mass is 10.2. The molecule has 0 aromatic carbocycles. The van der Waals surface area contributed by atoms with Crippen LogP contribution in [0.4, 0.5) is 0 Å². The summed E-state index contributed by atoms with van der Waals surface area (Å²) in [5.41, 5.74) is 0. The first-order chi connectivity index (χ1) is 6.75. The molecule has 0 spiro atoms. The highest BCUT2D eigenvalue weighted by atomic mass is 16.1. The van der Waals surface area contributed by atoms with E-state index in [1.165, 1.54) is 19.5 Å². The Balaban J connectivity index is 1.87. The minimum Gasteiger partial charge on any atom is -0.305 e. The molecule has 2 fully saturated rings. The molecule has 80 valence electrons. The number of hydrogen-bond acceptors (Lipinski definition) is 3. The van der Waals surface area contributed by atoms with Crippen molar-refractivity contribution in [3.05, 3.63) is 0 Å². The Morgan fingerprint density at radius 3 is 2.79 bits per heavy atom. The van der Waals surface area contributed by atoms with Gasteiger partial charge in [-0.3, -0.25) is 9.69 Å². The summed E-state index contributed by atoms with van der Waals surface area (Å²) in [7, 11) is 2.18. The fraction of sp³-hybridized carbons (Fsp3) is 0.909. The standard InChI is InChI=1S/C11H20N2O/c1-12-7-4-10(9-12)13-6-2-3-11(14)5-8-13/h10H,2-9H2,1H3. The first-order valence-corrected chi connectivity index (χ1v) is 5.70. The average Bonchev–Trinajstić information content (AvgIpc) is 2.46. The van der Waals surface area contributed by atoms with Crippen molar-refractivity contribution >= 4 is 5.78 Å². The lowest BCUT2D eigenvalue weighted by Gasteiger charge is -2.26. The normalized spacial score (nSPS) is 32.1. The van der Waals surface area contributed by atoms with E-state index in [1.54, 1.807) is 0 Å². The molecule has 0 aliphatic carbocycles. The van der Waals surface area contributed by atoms with E-state index in [2.05, 4.69) is 16.8 Å². The number of likely N-dealkylation sites (N-methyl/N-ethyl adjacent to an activating group) is 1. The molecule has 1 atom stereocenters. The summed E-state index contributed by atoms with van der Waals surface area (Å²) >= 11 is 0. The Morgan fingerprint density at radius 1 is 1.21 bits per heavy atom. The van der Waals surface area contributed by atoms with E-state index in [0.717, 1.165) is 32.4 Å². The van der Waals surface area contributed by atoms with E-state index < -0.39 is 0 Å². The Bertz CT molecular complexity index is 217. The number of ketones is 1. The second kappa shape index (κ2) is 4.41. The summed E-state index contributed by atoms with van der Waals surface area (Å²) in [4.78, 5) is 16.2. The first-order valence-electron chi connectivity index (χ1n) is 5.70. The van der Waals surface area contributed by atoms with Gasteiger partial charge in [-0.15, -0.1) is 0 Å². The largest absolute Gasteiger partial charge is 0.305 e. The summed E-state index contributed by atoms with van der Waals surface area (Å²) in [6, 6.07) is 0.714. The van der Waals surface area contributed by atoms with E-state index in [4.69, 9.17) is 0 Å². The average molecular weight is 196 g/mol. The lowest BCUT2D eigenvalue weighted by molar-refractivity contribution is -0.118. The summed E-state index contributed by atoms with van der Waals surface area (Å²) in [6.07, 6.45) is 3.93. The number of hydrogen-bond donors (Lipinski definition) is 0. The van der Waals surface area contributed by atoms with Gasteiger partial charge in [0.15, 0.2) is 0 Å². The van der Waals surface area contributed by atoms with Crippen molar-refractivity contribution in [1.29, 1.82) is 0 Å². The number of rotatable bonds is 1. The van der Waals surface area contributed by atoms with Gasteiger partial charge in [0.05, 0.1) is 0 Å². The highest BCUT2D eigenvalue weighted by Gasteiger charge is 2.26. The minimum atomic E-state index is 0.457. The molecule has 14 heavy (non-hydrogen) atoms. The van der Waals surface area contributed by atoms with Crippen molar-refractivity contribution in [2.24, 2.45) is 0 Å². The van der Waals surface area contributed by atoms with Gasteiger partial charge >= 0.3 is 0 Å². The topological polar surface area (TPSA) is 23.6 Å². The molecule has 0 aromatic heterocycles. The minimum absolute atomic E-state index is 0.457. The lowest BCUT2D eigenvalue weighted by Crippen LogP contribution is -2.37. The van der Waals surface area contributed by atoms with Gasteiger partial charge in [-0.05, 0) is 33.0 Å². The predicted molar refractivity (Wildman–Crippen MR) is 56.3 cm³/mol. The van der Waals surface area contributed by atoms with Crippen molar-refractivity contribution in [3.8, 4) is 0 Å². The number of Topliss-reactive ketones (excluding diaryl/α,β-unsaturated/α-hetero) is 1. The van der Waals surface area contributed by atoms with Crippen LogP contribution in [0.2, 0.25) is 0 Å². The first kappa shape index (κ1) is 10.1. The Labute approximate surface area is 86.1 Å².